The van der Waals surface area contributed by atoms with Crippen molar-refractivity contribution in [3.63, 3.8) is 0 Å². The van der Waals surface area contributed by atoms with E-state index in [0.29, 0.717) is 5.56 Å². The van der Waals surface area contributed by atoms with Crippen LogP contribution in [0, 0.1) is 0 Å². The fourth-order valence-electron chi connectivity index (χ4n) is 1.81. The van der Waals surface area contributed by atoms with E-state index in [9.17, 15) is 19.5 Å². The highest BCUT2D eigenvalue weighted by Crippen LogP contribution is 2.12. The van der Waals surface area contributed by atoms with Crippen LogP contribution in [0.3, 0.4) is 0 Å². The molecule has 0 fully saturated rings. The molecule has 3 N–H and O–H groups in total. The first kappa shape index (κ1) is 20.3. The van der Waals surface area contributed by atoms with Crippen molar-refractivity contribution in [1.29, 1.82) is 0 Å². The van der Waals surface area contributed by atoms with Crippen LogP contribution in [-0.2, 0) is 25.7 Å². The molecule has 0 heterocycles. The van der Waals surface area contributed by atoms with Crippen molar-refractivity contribution < 1.29 is 34.1 Å². The van der Waals surface area contributed by atoms with Gasteiger partial charge in [0.1, 0.15) is 24.0 Å². The number of benzene rings is 1. The van der Waals surface area contributed by atoms with Gasteiger partial charge in [-0.25, -0.2) is 9.59 Å². The molecule has 1 atom stereocenters. The Kier molecular flexibility index (Phi) is 7.22. The third-order valence-electron chi connectivity index (χ3n) is 2.94. The molecule has 8 nitrogen and oxygen atoms in total. The maximum atomic E-state index is 12.2. The Labute approximate surface area is 145 Å². The number of hydrogen-bond donors (Lipinski definition) is 3. The minimum Gasteiger partial charge on any atom is -0.508 e. The van der Waals surface area contributed by atoms with Crippen LogP contribution in [-0.4, -0.2) is 39.9 Å². The summed E-state index contributed by atoms with van der Waals surface area (Å²) in [5, 5.41) is 20.3. The zero-order valence-electron chi connectivity index (χ0n) is 14.4. The number of phenols is 1. The van der Waals surface area contributed by atoms with E-state index in [2.05, 4.69) is 5.32 Å². The zero-order valence-corrected chi connectivity index (χ0v) is 14.4. The summed E-state index contributed by atoms with van der Waals surface area (Å²) in [6.45, 7) is 4.94. The van der Waals surface area contributed by atoms with Gasteiger partial charge in [-0.2, -0.15) is 0 Å². The van der Waals surface area contributed by atoms with E-state index in [1.54, 1.807) is 32.9 Å². The van der Waals surface area contributed by atoms with Crippen molar-refractivity contribution in [3.8, 4) is 5.75 Å². The molecule has 1 aromatic carbocycles. The largest absolute Gasteiger partial charge is 0.508 e. The number of aliphatic carboxylic acids is 1. The Hall–Kier alpha value is -2.77. The summed E-state index contributed by atoms with van der Waals surface area (Å²) in [7, 11) is 0. The fourth-order valence-corrected chi connectivity index (χ4v) is 1.81. The van der Waals surface area contributed by atoms with Crippen molar-refractivity contribution in [1.82, 2.24) is 5.32 Å². The summed E-state index contributed by atoms with van der Waals surface area (Å²) in [6.07, 6.45) is -1.26. The molecule has 138 valence electrons. The number of ether oxygens (including phenoxy) is 2. The van der Waals surface area contributed by atoms with Crippen LogP contribution in [0.25, 0.3) is 0 Å². The molecular formula is C17H23NO7. The molecule has 0 aromatic heterocycles. The van der Waals surface area contributed by atoms with Crippen molar-refractivity contribution in [3.05, 3.63) is 29.8 Å². The lowest BCUT2D eigenvalue weighted by Crippen LogP contribution is -2.44. The number of carbonyl (C=O) groups excluding carboxylic acids is 2. The molecule has 0 saturated heterocycles. The second-order valence-corrected chi connectivity index (χ2v) is 6.41. The van der Waals surface area contributed by atoms with Crippen LogP contribution in [0.4, 0.5) is 4.79 Å². The standard InChI is InChI=1S/C17H23NO7/c1-17(2,3)25-16(23)18-13(8-9-14(20)21)15(22)24-10-11-4-6-12(19)7-5-11/h4-7,13,19H,8-10H2,1-3H3,(H,18,23)(H,20,21)/t13-/m0/s1. The number of nitrogens with one attached hydrogen (secondary N) is 1. The minimum absolute atomic E-state index is 0.0708. The van der Waals surface area contributed by atoms with Gasteiger partial charge in [-0.1, -0.05) is 12.1 Å². The summed E-state index contributed by atoms with van der Waals surface area (Å²) in [4.78, 5) is 34.7. The van der Waals surface area contributed by atoms with Gasteiger partial charge in [0.2, 0.25) is 0 Å². The smallest absolute Gasteiger partial charge is 0.408 e. The van der Waals surface area contributed by atoms with Gasteiger partial charge in [0, 0.05) is 6.42 Å². The molecule has 0 bridgehead atoms. The molecule has 1 amide bonds. The van der Waals surface area contributed by atoms with Crippen molar-refractivity contribution >= 4 is 18.0 Å². The van der Waals surface area contributed by atoms with Crippen molar-refractivity contribution in [2.75, 3.05) is 0 Å². The number of carboxylic acids is 1. The zero-order chi connectivity index (χ0) is 19.0. The van der Waals surface area contributed by atoms with Gasteiger partial charge >= 0.3 is 18.0 Å². The Morgan fingerprint density at radius 3 is 2.28 bits per heavy atom. The van der Waals surface area contributed by atoms with E-state index in [1.807, 2.05) is 0 Å². The summed E-state index contributed by atoms with van der Waals surface area (Å²) in [5.41, 5.74) is -0.113. The lowest BCUT2D eigenvalue weighted by Gasteiger charge is -2.22. The molecule has 1 aromatic rings. The van der Waals surface area contributed by atoms with Gasteiger partial charge in [-0.05, 0) is 44.9 Å². The summed E-state index contributed by atoms with van der Waals surface area (Å²) in [6, 6.07) is 4.92. The predicted octanol–water partition coefficient (Wildman–Crippen LogP) is 2.19. The molecule has 0 unspecified atom stereocenters. The van der Waals surface area contributed by atoms with E-state index in [-0.39, 0.29) is 25.2 Å². The molecule has 25 heavy (non-hydrogen) atoms. The number of phenolic OH excluding ortho intramolecular Hbond substituents is 1. The number of carboxylic acid groups (broad SMARTS) is 1. The van der Waals surface area contributed by atoms with Crippen molar-refractivity contribution in [2.24, 2.45) is 0 Å². The highest BCUT2D eigenvalue weighted by atomic mass is 16.6. The van der Waals surface area contributed by atoms with Gasteiger partial charge in [-0.3, -0.25) is 4.79 Å². The van der Waals surface area contributed by atoms with Crippen molar-refractivity contribution in [2.45, 2.75) is 51.9 Å². The molecular weight excluding hydrogens is 330 g/mol. The molecule has 8 heteroatoms. The monoisotopic (exact) mass is 353 g/mol. The first-order valence-electron chi connectivity index (χ1n) is 7.72. The molecule has 0 saturated carbocycles. The van der Waals surface area contributed by atoms with Gasteiger partial charge in [0.05, 0.1) is 0 Å². The quantitative estimate of drug-likeness (QED) is 0.642. The highest BCUT2D eigenvalue weighted by molar-refractivity contribution is 5.82. The van der Waals surface area contributed by atoms with E-state index < -0.39 is 29.7 Å². The molecule has 1 rings (SSSR count). The van der Waals surface area contributed by atoms with Gasteiger partial charge in [0.25, 0.3) is 0 Å². The average Bonchev–Trinajstić information content (AvgIpc) is 2.48. The van der Waals surface area contributed by atoms with Crippen LogP contribution in [0.5, 0.6) is 5.75 Å². The predicted molar refractivity (Wildman–Crippen MR) is 87.9 cm³/mol. The normalized spacial score (nSPS) is 12.1. The Morgan fingerprint density at radius 2 is 1.76 bits per heavy atom. The molecule has 0 aliphatic rings. The summed E-state index contributed by atoms with van der Waals surface area (Å²) < 4.78 is 10.2. The number of hydrogen-bond acceptors (Lipinski definition) is 6. The number of carbonyl (C=O) groups is 3. The topological polar surface area (TPSA) is 122 Å². The summed E-state index contributed by atoms with van der Waals surface area (Å²) in [5.74, 6) is -1.77. The van der Waals surface area contributed by atoms with Gasteiger partial charge < -0.3 is 25.0 Å². The van der Waals surface area contributed by atoms with Crippen LogP contribution in [0.1, 0.15) is 39.2 Å². The molecule has 0 aliphatic heterocycles. The maximum Gasteiger partial charge on any atom is 0.408 e. The summed E-state index contributed by atoms with van der Waals surface area (Å²) >= 11 is 0. The second-order valence-electron chi connectivity index (χ2n) is 6.41. The first-order chi connectivity index (χ1) is 11.6. The minimum atomic E-state index is -1.14. The molecule has 0 spiro atoms. The second kappa shape index (κ2) is 8.91. The maximum absolute atomic E-state index is 12.2. The lowest BCUT2D eigenvalue weighted by atomic mass is 10.1. The van der Waals surface area contributed by atoms with E-state index in [0.717, 1.165) is 0 Å². The number of esters is 1. The van der Waals surface area contributed by atoms with Gasteiger partial charge in [-0.15, -0.1) is 0 Å². The average molecular weight is 353 g/mol. The third kappa shape index (κ3) is 8.59. The third-order valence-corrected chi connectivity index (χ3v) is 2.94. The Bertz CT molecular complexity index is 604. The molecule has 0 radical (unpaired) electrons. The van der Waals surface area contributed by atoms with E-state index in [4.69, 9.17) is 14.6 Å². The SMILES string of the molecule is CC(C)(C)OC(=O)N[C@@H](CCC(=O)O)C(=O)OCc1ccc(O)cc1. The van der Waals surface area contributed by atoms with Crippen LogP contribution in [0.2, 0.25) is 0 Å². The van der Waals surface area contributed by atoms with Crippen LogP contribution < -0.4 is 5.32 Å². The highest BCUT2D eigenvalue weighted by Gasteiger charge is 2.26. The number of rotatable bonds is 7. The number of alkyl carbamates (subject to hydrolysis) is 1. The number of aromatic hydroxyl groups is 1. The Morgan fingerprint density at radius 1 is 1.16 bits per heavy atom. The molecule has 0 aliphatic carbocycles. The van der Waals surface area contributed by atoms with E-state index >= 15 is 0 Å². The fraction of sp³-hybridized carbons (Fsp3) is 0.471. The first-order valence-corrected chi connectivity index (χ1v) is 7.72. The van der Waals surface area contributed by atoms with Gasteiger partial charge in [0.15, 0.2) is 0 Å². The number of amides is 1. The van der Waals surface area contributed by atoms with Crippen LogP contribution >= 0.6 is 0 Å². The lowest BCUT2D eigenvalue weighted by molar-refractivity contribution is -0.148. The Balaban J connectivity index is 2.66. The van der Waals surface area contributed by atoms with Crippen LogP contribution in [0.15, 0.2) is 24.3 Å². The van der Waals surface area contributed by atoms with E-state index in [1.165, 1.54) is 12.1 Å².